The summed E-state index contributed by atoms with van der Waals surface area (Å²) >= 11 is 0. The Balaban J connectivity index is 0.00000133. The molecule has 0 aromatic heterocycles. The predicted octanol–water partition coefficient (Wildman–Crippen LogP) is 3.17. The SMILES string of the molecule is [CH2-]C1CC(c2ccccc2)(c2ccccc2)CN1.[Zn]. The van der Waals surface area contributed by atoms with Crippen LogP contribution in [0.15, 0.2) is 60.7 Å². The fourth-order valence-electron chi connectivity index (χ4n) is 3.00. The Kier molecular flexibility index (Phi) is 4.55. The van der Waals surface area contributed by atoms with Crippen molar-refractivity contribution < 1.29 is 19.5 Å². The normalized spacial score (nSPS) is 20.8. The van der Waals surface area contributed by atoms with Gasteiger partial charge in [0.1, 0.15) is 0 Å². The average Bonchev–Trinajstić information content (AvgIpc) is 2.84. The van der Waals surface area contributed by atoms with Gasteiger partial charge in [0, 0.05) is 31.4 Å². The van der Waals surface area contributed by atoms with Gasteiger partial charge in [-0.2, -0.15) is 0 Å². The molecule has 1 saturated heterocycles. The van der Waals surface area contributed by atoms with Crippen LogP contribution in [0.3, 0.4) is 0 Å². The summed E-state index contributed by atoms with van der Waals surface area (Å²) in [6.45, 7) is 5.14. The van der Waals surface area contributed by atoms with Crippen molar-refractivity contribution in [3.63, 3.8) is 0 Å². The molecule has 1 N–H and O–H groups in total. The molecule has 94 valence electrons. The van der Waals surface area contributed by atoms with E-state index in [2.05, 4.69) is 72.9 Å². The Morgan fingerprint density at radius 1 is 0.895 bits per heavy atom. The molecule has 2 aromatic rings. The Morgan fingerprint density at radius 2 is 1.37 bits per heavy atom. The van der Waals surface area contributed by atoms with Gasteiger partial charge >= 0.3 is 0 Å². The van der Waals surface area contributed by atoms with Crippen LogP contribution in [0.25, 0.3) is 0 Å². The van der Waals surface area contributed by atoms with Crippen molar-refractivity contribution in [1.29, 1.82) is 0 Å². The molecule has 2 heteroatoms. The van der Waals surface area contributed by atoms with Crippen molar-refractivity contribution in [1.82, 2.24) is 5.32 Å². The molecule has 0 saturated carbocycles. The van der Waals surface area contributed by atoms with E-state index in [1.165, 1.54) is 11.1 Å². The standard InChI is InChI=1S/C17H18N.Zn/c1-14-12-17(13-18-14,15-8-4-2-5-9-15)16-10-6-3-7-11-16;/h2-11,14,18H,1,12-13H2;/q-1;. The number of benzene rings is 2. The van der Waals surface area contributed by atoms with Crippen molar-refractivity contribution in [3.8, 4) is 0 Å². The molecule has 0 bridgehead atoms. The molecule has 1 unspecified atom stereocenters. The topological polar surface area (TPSA) is 12.0 Å². The van der Waals surface area contributed by atoms with E-state index in [0.717, 1.165) is 13.0 Å². The monoisotopic (exact) mass is 300 g/mol. The Labute approximate surface area is 128 Å². The maximum atomic E-state index is 4.17. The molecule has 19 heavy (non-hydrogen) atoms. The summed E-state index contributed by atoms with van der Waals surface area (Å²) in [6, 6.07) is 21.9. The fraction of sp³-hybridized carbons (Fsp3) is 0.235. The van der Waals surface area contributed by atoms with E-state index < -0.39 is 0 Å². The van der Waals surface area contributed by atoms with Crippen molar-refractivity contribution >= 4 is 0 Å². The second-order valence-corrected chi connectivity index (χ2v) is 5.10. The third-order valence-corrected chi connectivity index (χ3v) is 3.94. The van der Waals surface area contributed by atoms with Gasteiger partial charge in [0.05, 0.1) is 0 Å². The Hall–Kier alpha value is -0.977. The van der Waals surface area contributed by atoms with Crippen LogP contribution < -0.4 is 5.32 Å². The molecule has 1 atom stereocenters. The number of nitrogens with one attached hydrogen (secondary N) is 1. The minimum atomic E-state index is 0. The quantitative estimate of drug-likeness (QED) is 0.664. The van der Waals surface area contributed by atoms with Crippen LogP contribution in [0, 0.1) is 6.92 Å². The van der Waals surface area contributed by atoms with E-state index in [9.17, 15) is 0 Å². The third-order valence-electron chi connectivity index (χ3n) is 3.94. The van der Waals surface area contributed by atoms with Gasteiger partial charge in [-0.1, -0.05) is 67.1 Å². The number of rotatable bonds is 2. The van der Waals surface area contributed by atoms with Crippen LogP contribution in [0.2, 0.25) is 0 Å². The van der Waals surface area contributed by atoms with Crippen molar-refractivity contribution in [3.05, 3.63) is 78.7 Å². The first-order valence-electron chi connectivity index (χ1n) is 6.49. The molecule has 2 aromatic carbocycles. The summed E-state index contributed by atoms with van der Waals surface area (Å²) in [4.78, 5) is 0. The maximum absolute atomic E-state index is 4.17. The molecular formula is C17H18NZn-. The molecule has 0 aliphatic carbocycles. The Morgan fingerprint density at radius 3 is 1.74 bits per heavy atom. The fourth-order valence-corrected chi connectivity index (χ4v) is 3.00. The van der Waals surface area contributed by atoms with E-state index in [0.29, 0.717) is 6.04 Å². The molecular weight excluding hydrogens is 284 g/mol. The van der Waals surface area contributed by atoms with E-state index in [4.69, 9.17) is 0 Å². The largest absolute Gasteiger partial charge is 0.342 e. The molecule has 0 amide bonds. The summed E-state index contributed by atoms with van der Waals surface area (Å²) in [5, 5.41) is 3.50. The van der Waals surface area contributed by atoms with Crippen molar-refractivity contribution in [2.45, 2.75) is 17.9 Å². The minimum absolute atomic E-state index is 0. The molecule has 0 spiro atoms. The van der Waals surface area contributed by atoms with Crippen LogP contribution >= 0.6 is 0 Å². The minimum Gasteiger partial charge on any atom is -0.342 e. The molecule has 1 aliphatic heterocycles. The molecule has 1 fully saturated rings. The van der Waals surface area contributed by atoms with Crippen LogP contribution in [0.5, 0.6) is 0 Å². The first kappa shape index (κ1) is 14.4. The van der Waals surface area contributed by atoms with Gasteiger partial charge in [0.15, 0.2) is 0 Å². The zero-order chi connectivity index (χ0) is 12.4. The zero-order valence-electron chi connectivity index (χ0n) is 11.2. The van der Waals surface area contributed by atoms with Gasteiger partial charge in [0.25, 0.3) is 0 Å². The van der Waals surface area contributed by atoms with Crippen LogP contribution in [-0.4, -0.2) is 12.6 Å². The maximum Gasteiger partial charge on any atom is 0.0315 e. The number of hydrogen-bond donors (Lipinski definition) is 1. The molecule has 1 nitrogen and oxygen atoms in total. The van der Waals surface area contributed by atoms with Gasteiger partial charge in [-0.05, 0) is 11.1 Å². The predicted molar refractivity (Wildman–Crippen MR) is 75.4 cm³/mol. The summed E-state index contributed by atoms with van der Waals surface area (Å²) in [6.07, 6.45) is 1.06. The van der Waals surface area contributed by atoms with Crippen LogP contribution in [0.4, 0.5) is 0 Å². The van der Waals surface area contributed by atoms with E-state index in [1.807, 2.05) is 0 Å². The van der Waals surface area contributed by atoms with Gasteiger partial charge in [-0.15, -0.1) is 6.04 Å². The number of hydrogen-bond acceptors (Lipinski definition) is 1. The first-order chi connectivity index (χ1) is 8.81. The summed E-state index contributed by atoms with van der Waals surface area (Å²) < 4.78 is 0. The summed E-state index contributed by atoms with van der Waals surface area (Å²) in [5.41, 5.74) is 2.85. The molecule has 1 heterocycles. The molecule has 3 rings (SSSR count). The molecule has 1 aliphatic rings. The summed E-state index contributed by atoms with van der Waals surface area (Å²) in [7, 11) is 0. The van der Waals surface area contributed by atoms with Gasteiger partial charge < -0.3 is 12.2 Å². The van der Waals surface area contributed by atoms with Crippen molar-refractivity contribution in [2.75, 3.05) is 6.54 Å². The zero-order valence-corrected chi connectivity index (χ0v) is 14.1. The third kappa shape index (κ3) is 2.66. The second kappa shape index (κ2) is 5.99. The molecule has 0 radical (unpaired) electrons. The van der Waals surface area contributed by atoms with Gasteiger partial charge in [0.2, 0.25) is 0 Å². The van der Waals surface area contributed by atoms with Gasteiger partial charge in [-0.3, -0.25) is 0 Å². The Bertz CT molecular complexity index is 470. The van der Waals surface area contributed by atoms with E-state index in [1.54, 1.807) is 0 Å². The van der Waals surface area contributed by atoms with Crippen molar-refractivity contribution in [2.24, 2.45) is 0 Å². The van der Waals surface area contributed by atoms with Crippen LogP contribution in [0.1, 0.15) is 17.5 Å². The van der Waals surface area contributed by atoms with Gasteiger partial charge in [-0.25, -0.2) is 0 Å². The average molecular weight is 302 g/mol. The smallest absolute Gasteiger partial charge is 0.0315 e. The first-order valence-corrected chi connectivity index (χ1v) is 6.49. The van der Waals surface area contributed by atoms with E-state index >= 15 is 0 Å². The van der Waals surface area contributed by atoms with Crippen LogP contribution in [-0.2, 0) is 24.9 Å². The second-order valence-electron chi connectivity index (χ2n) is 5.10. The van der Waals surface area contributed by atoms with E-state index in [-0.39, 0.29) is 24.9 Å². The summed E-state index contributed by atoms with van der Waals surface area (Å²) in [5.74, 6) is 0.